The van der Waals surface area contributed by atoms with Gasteiger partial charge in [0.15, 0.2) is 5.96 Å². The predicted molar refractivity (Wildman–Crippen MR) is 113 cm³/mol. The Hall–Kier alpha value is -2.09. The average molecular weight is 410 g/mol. The molecule has 1 saturated carbocycles. The summed E-state index contributed by atoms with van der Waals surface area (Å²) < 4.78 is 30.0. The molecule has 0 bridgehead atoms. The Bertz CT molecular complexity index is 666. The standard InChI is InChI=1S/C21H33F2N5O/c1-24-21(25-12-14-27(2)17-7-3-4-8-17)26-16-11-13-28(15-16)18-9-5-6-10-19(18)29-20(22)23/h5-6,9-10,16-17,20H,3-4,7-8,11-15H2,1-2H3,(H2,24,25,26). The van der Waals surface area contributed by atoms with E-state index in [0.717, 1.165) is 32.0 Å². The zero-order valence-electron chi connectivity index (χ0n) is 17.4. The van der Waals surface area contributed by atoms with Crippen molar-refractivity contribution in [2.45, 2.75) is 50.8 Å². The lowest BCUT2D eigenvalue weighted by Crippen LogP contribution is -2.47. The van der Waals surface area contributed by atoms with E-state index in [1.54, 1.807) is 19.2 Å². The van der Waals surface area contributed by atoms with Crippen molar-refractivity contribution in [3.8, 4) is 5.75 Å². The van der Waals surface area contributed by atoms with Gasteiger partial charge in [0, 0.05) is 45.3 Å². The number of nitrogens with one attached hydrogen (secondary N) is 2. The van der Waals surface area contributed by atoms with Gasteiger partial charge >= 0.3 is 6.61 Å². The molecule has 8 heteroatoms. The van der Waals surface area contributed by atoms with Crippen LogP contribution in [0.3, 0.4) is 0 Å². The van der Waals surface area contributed by atoms with Crippen LogP contribution in [0.15, 0.2) is 29.3 Å². The lowest BCUT2D eigenvalue weighted by molar-refractivity contribution is -0.0495. The summed E-state index contributed by atoms with van der Waals surface area (Å²) in [4.78, 5) is 8.85. The topological polar surface area (TPSA) is 52.1 Å². The van der Waals surface area contributed by atoms with Crippen molar-refractivity contribution in [3.05, 3.63) is 24.3 Å². The highest BCUT2D eigenvalue weighted by atomic mass is 19.3. The summed E-state index contributed by atoms with van der Waals surface area (Å²) >= 11 is 0. The van der Waals surface area contributed by atoms with Gasteiger partial charge in [-0.3, -0.25) is 4.99 Å². The van der Waals surface area contributed by atoms with Crippen LogP contribution in [0.2, 0.25) is 0 Å². The molecule has 0 aromatic heterocycles. The van der Waals surface area contributed by atoms with Crippen molar-refractivity contribution in [3.63, 3.8) is 0 Å². The minimum absolute atomic E-state index is 0.202. The molecular weight excluding hydrogens is 376 g/mol. The second kappa shape index (κ2) is 10.6. The van der Waals surface area contributed by atoms with E-state index in [2.05, 4.69) is 37.2 Å². The first-order chi connectivity index (χ1) is 14.1. The maximum Gasteiger partial charge on any atom is 0.387 e. The normalized spacial score (nSPS) is 20.7. The number of para-hydroxylation sites is 2. The van der Waals surface area contributed by atoms with E-state index in [1.165, 1.54) is 25.7 Å². The molecular formula is C21H33F2N5O. The van der Waals surface area contributed by atoms with E-state index < -0.39 is 6.61 Å². The smallest absolute Gasteiger partial charge is 0.387 e. The maximum absolute atomic E-state index is 12.7. The fraction of sp³-hybridized carbons (Fsp3) is 0.667. The van der Waals surface area contributed by atoms with E-state index in [-0.39, 0.29) is 11.8 Å². The van der Waals surface area contributed by atoms with Crippen LogP contribution in [0.5, 0.6) is 5.75 Å². The third kappa shape index (κ3) is 6.19. The molecule has 1 saturated heterocycles. The number of hydrogen-bond donors (Lipinski definition) is 2. The summed E-state index contributed by atoms with van der Waals surface area (Å²) in [6.45, 7) is 0.502. The van der Waals surface area contributed by atoms with Crippen molar-refractivity contribution in [2.75, 3.05) is 45.2 Å². The largest absolute Gasteiger partial charge is 0.433 e. The Morgan fingerprint density at radius 1 is 1.28 bits per heavy atom. The Morgan fingerprint density at radius 3 is 2.76 bits per heavy atom. The number of guanidine groups is 1. The van der Waals surface area contributed by atoms with Gasteiger partial charge in [-0.25, -0.2) is 0 Å². The second-order valence-corrected chi connectivity index (χ2v) is 7.84. The van der Waals surface area contributed by atoms with Gasteiger partial charge in [-0.15, -0.1) is 0 Å². The summed E-state index contributed by atoms with van der Waals surface area (Å²) in [5.74, 6) is 1.01. The van der Waals surface area contributed by atoms with Crippen molar-refractivity contribution in [1.29, 1.82) is 0 Å². The Balaban J connectivity index is 1.46. The molecule has 0 spiro atoms. The van der Waals surface area contributed by atoms with Crippen molar-refractivity contribution >= 4 is 11.6 Å². The van der Waals surface area contributed by atoms with Gasteiger partial charge in [0.25, 0.3) is 0 Å². The summed E-state index contributed by atoms with van der Waals surface area (Å²) in [6, 6.07) is 7.88. The molecule has 0 radical (unpaired) electrons. The molecule has 1 aliphatic heterocycles. The van der Waals surface area contributed by atoms with Gasteiger partial charge in [-0.2, -0.15) is 8.78 Å². The molecule has 2 N–H and O–H groups in total. The average Bonchev–Trinajstić information content (AvgIpc) is 3.39. The first-order valence-corrected chi connectivity index (χ1v) is 10.5. The highest BCUT2D eigenvalue weighted by molar-refractivity contribution is 5.80. The first kappa shape index (κ1) is 21.6. The monoisotopic (exact) mass is 409 g/mol. The molecule has 1 atom stereocenters. The molecule has 29 heavy (non-hydrogen) atoms. The lowest BCUT2D eigenvalue weighted by atomic mass is 10.2. The van der Waals surface area contributed by atoms with Crippen molar-refractivity contribution in [1.82, 2.24) is 15.5 Å². The number of likely N-dealkylation sites (N-methyl/N-ethyl adjacent to an activating group) is 1. The van der Waals surface area contributed by atoms with Crippen LogP contribution in [0.1, 0.15) is 32.1 Å². The Labute approximate surface area is 172 Å². The van der Waals surface area contributed by atoms with Crippen LogP contribution in [-0.4, -0.2) is 69.8 Å². The van der Waals surface area contributed by atoms with E-state index in [9.17, 15) is 8.78 Å². The summed E-state index contributed by atoms with van der Waals surface area (Å²) in [5.41, 5.74) is 0.707. The molecule has 1 aromatic rings. The van der Waals surface area contributed by atoms with Gasteiger partial charge in [0.05, 0.1) is 5.69 Å². The number of hydrogen-bond acceptors (Lipinski definition) is 4. The lowest BCUT2D eigenvalue weighted by Gasteiger charge is -2.25. The van der Waals surface area contributed by atoms with Crippen LogP contribution >= 0.6 is 0 Å². The van der Waals surface area contributed by atoms with Crippen LogP contribution in [-0.2, 0) is 0 Å². The molecule has 1 heterocycles. The maximum atomic E-state index is 12.7. The summed E-state index contributed by atoms with van der Waals surface area (Å²) in [5, 5.41) is 6.86. The number of alkyl halides is 2. The van der Waals surface area contributed by atoms with Gasteiger partial charge < -0.3 is 25.2 Å². The molecule has 162 valence electrons. The third-order valence-electron chi connectivity index (χ3n) is 5.88. The van der Waals surface area contributed by atoms with Crippen LogP contribution in [0.25, 0.3) is 0 Å². The zero-order valence-corrected chi connectivity index (χ0v) is 17.4. The third-order valence-corrected chi connectivity index (χ3v) is 5.88. The molecule has 1 aliphatic carbocycles. The van der Waals surface area contributed by atoms with Crippen molar-refractivity contribution < 1.29 is 13.5 Å². The molecule has 2 fully saturated rings. The number of ether oxygens (including phenoxy) is 1. The fourth-order valence-corrected chi connectivity index (χ4v) is 4.28. The molecule has 1 aromatic carbocycles. The van der Waals surface area contributed by atoms with Gasteiger partial charge in [-0.05, 0) is 38.4 Å². The minimum Gasteiger partial charge on any atom is -0.433 e. The number of benzene rings is 1. The van der Waals surface area contributed by atoms with Gasteiger partial charge in [0.2, 0.25) is 0 Å². The Kier molecular flexibility index (Phi) is 7.91. The predicted octanol–water partition coefficient (Wildman–Crippen LogP) is 2.91. The van der Waals surface area contributed by atoms with E-state index in [4.69, 9.17) is 0 Å². The highest BCUT2D eigenvalue weighted by Crippen LogP contribution is 2.31. The van der Waals surface area contributed by atoms with Crippen molar-refractivity contribution in [2.24, 2.45) is 4.99 Å². The number of halogens is 2. The first-order valence-electron chi connectivity index (χ1n) is 10.5. The molecule has 0 amide bonds. The van der Waals surface area contributed by atoms with E-state index >= 15 is 0 Å². The molecule has 6 nitrogen and oxygen atoms in total. The second-order valence-electron chi connectivity index (χ2n) is 7.84. The number of nitrogens with zero attached hydrogens (tertiary/aromatic N) is 3. The van der Waals surface area contributed by atoms with Crippen LogP contribution in [0, 0.1) is 0 Å². The molecule has 3 rings (SSSR count). The SMILES string of the molecule is CN=C(NCCN(C)C1CCCC1)NC1CCN(c2ccccc2OC(F)F)C1. The quantitative estimate of drug-likeness (QED) is 0.511. The van der Waals surface area contributed by atoms with Gasteiger partial charge in [0.1, 0.15) is 5.75 Å². The number of rotatable bonds is 8. The fourth-order valence-electron chi connectivity index (χ4n) is 4.28. The van der Waals surface area contributed by atoms with Gasteiger partial charge in [-0.1, -0.05) is 25.0 Å². The van der Waals surface area contributed by atoms with Crippen LogP contribution in [0.4, 0.5) is 14.5 Å². The zero-order chi connectivity index (χ0) is 20.6. The van der Waals surface area contributed by atoms with Crippen LogP contribution < -0.4 is 20.3 Å². The number of aliphatic imine (C=N–C) groups is 1. The molecule has 1 unspecified atom stereocenters. The number of anilines is 1. The Morgan fingerprint density at radius 2 is 2.03 bits per heavy atom. The molecule has 2 aliphatic rings. The summed E-state index contributed by atoms with van der Waals surface area (Å²) in [7, 11) is 3.97. The highest BCUT2D eigenvalue weighted by Gasteiger charge is 2.26. The minimum atomic E-state index is -2.82. The summed E-state index contributed by atoms with van der Waals surface area (Å²) in [6.07, 6.45) is 6.20. The van der Waals surface area contributed by atoms with E-state index in [0.29, 0.717) is 18.3 Å². The van der Waals surface area contributed by atoms with E-state index in [1.807, 2.05) is 12.1 Å².